The highest BCUT2D eigenvalue weighted by molar-refractivity contribution is 7.12. The SMILES string of the molecule is CC(CCc1ccc(O)cc1)NC(=O)c1cccs1. The summed E-state index contributed by atoms with van der Waals surface area (Å²) in [4.78, 5) is 12.6. The van der Waals surface area contributed by atoms with Crippen molar-refractivity contribution >= 4 is 17.2 Å². The zero-order valence-corrected chi connectivity index (χ0v) is 11.6. The number of hydrogen-bond acceptors (Lipinski definition) is 3. The smallest absolute Gasteiger partial charge is 0.261 e. The molecule has 2 rings (SSSR count). The standard InChI is InChI=1S/C15H17NO2S/c1-11(16-15(18)14-3-2-10-19-14)4-5-12-6-8-13(17)9-7-12/h2-3,6-11,17H,4-5H2,1H3,(H,16,18). The molecule has 3 nitrogen and oxygen atoms in total. The van der Waals surface area contributed by atoms with Gasteiger partial charge in [-0.05, 0) is 48.9 Å². The Balaban J connectivity index is 1.80. The van der Waals surface area contributed by atoms with Gasteiger partial charge >= 0.3 is 0 Å². The van der Waals surface area contributed by atoms with E-state index in [1.165, 1.54) is 11.3 Å². The maximum Gasteiger partial charge on any atom is 0.261 e. The highest BCUT2D eigenvalue weighted by atomic mass is 32.1. The minimum Gasteiger partial charge on any atom is -0.508 e. The normalized spacial score (nSPS) is 12.1. The molecule has 0 aliphatic carbocycles. The fourth-order valence-corrected chi connectivity index (χ4v) is 2.45. The minimum atomic E-state index is -0.00629. The summed E-state index contributed by atoms with van der Waals surface area (Å²) in [5.74, 6) is 0.274. The van der Waals surface area contributed by atoms with E-state index in [1.807, 2.05) is 36.6 Å². The molecule has 0 spiro atoms. The van der Waals surface area contributed by atoms with Crippen molar-refractivity contribution in [1.82, 2.24) is 5.32 Å². The topological polar surface area (TPSA) is 49.3 Å². The van der Waals surface area contributed by atoms with Crippen molar-refractivity contribution < 1.29 is 9.90 Å². The quantitative estimate of drug-likeness (QED) is 0.880. The van der Waals surface area contributed by atoms with Gasteiger partial charge in [0.1, 0.15) is 5.75 Å². The third-order valence-corrected chi connectivity index (χ3v) is 3.79. The maximum absolute atomic E-state index is 11.8. The van der Waals surface area contributed by atoms with Crippen LogP contribution in [-0.4, -0.2) is 17.1 Å². The Labute approximate surface area is 116 Å². The molecule has 2 aromatic rings. The number of phenolic OH excluding ortho intramolecular Hbond substituents is 1. The van der Waals surface area contributed by atoms with E-state index in [-0.39, 0.29) is 17.7 Å². The first-order valence-electron chi connectivity index (χ1n) is 6.27. The average Bonchev–Trinajstić information content (AvgIpc) is 2.92. The van der Waals surface area contributed by atoms with E-state index in [2.05, 4.69) is 5.32 Å². The van der Waals surface area contributed by atoms with Crippen LogP contribution in [0.2, 0.25) is 0 Å². The molecule has 0 aliphatic rings. The number of nitrogens with one attached hydrogen (secondary N) is 1. The zero-order chi connectivity index (χ0) is 13.7. The van der Waals surface area contributed by atoms with Crippen LogP contribution in [0.15, 0.2) is 41.8 Å². The molecule has 1 aromatic heterocycles. The van der Waals surface area contributed by atoms with Crippen molar-refractivity contribution in [1.29, 1.82) is 0 Å². The molecule has 1 unspecified atom stereocenters. The van der Waals surface area contributed by atoms with Gasteiger partial charge in [0.25, 0.3) is 5.91 Å². The van der Waals surface area contributed by atoms with Crippen LogP contribution in [0.4, 0.5) is 0 Å². The second kappa shape index (κ2) is 6.38. The van der Waals surface area contributed by atoms with E-state index in [0.29, 0.717) is 0 Å². The monoisotopic (exact) mass is 275 g/mol. The molecule has 2 N–H and O–H groups in total. The molecule has 100 valence electrons. The first-order valence-corrected chi connectivity index (χ1v) is 7.15. The number of benzene rings is 1. The number of phenols is 1. The maximum atomic E-state index is 11.8. The van der Waals surface area contributed by atoms with Crippen molar-refractivity contribution in [3.05, 3.63) is 52.2 Å². The van der Waals surface area contributed by atoms with Crippen LogP contribution in [0, 0.1) is 0 Å². The van der Waals surface area contributed by atoms with Gasteiger partial charge in [0.2, 0.25) is 0 Å². The first-order chi connectivity index (χ1) is 9.15. The number of hydrogen-bond donors (Lipinski definition) is 2. The fraction of sp³-hybridized carbons (Fsp3) is 0.267. The van der Waals surface area contributed by atoms with Crippen molar-refractivity contribution in [2.24, 2.45) is 0 Å². The lowest BCUT2D eigenvalue weighted by Crippen LogP contribution is -2.32. The highest BCUT2D eigenvalue weighted by Crippen LogP contribution is 2.13. The summed E-state index contributed by atoms with van der Waals surface area (Å²) in [6.07, 6.45) is 1.76. The lowest BCUT2D eigenvalue weighted by atomic mass is 10.1. The van der Waals surface area contributed by atoms with Gasteiger partial charge in [-0.25, -0.2) is 0 Å². The van der Waals surface area contributed by atoms with E-state index in [9.17, 15) is 9.90 Å². The van der Waals surface area contributed by atoms with Crippen molar-refractivity contribution in [2.45, 2.75) is 25.8 Å². The number of carbonyl (C=O) groups is 1. The molecule has 1 atom stereocenters. The molecule has 0 aliphatic heterocycles. The van der Waals surface area contributed by atoms with Crippen molar-refractivity contribution in [2.75, 3.05) is 0 Å². The van der Waals surface area contributed by atoms with Crippen LogP contribution in [-0.2, 0) is 6.42 Å². The molecule has 4 heteroatoms. The van der Waals surface area contributed by atoms with Crippen LogP contribution in [0.1, 0.15) is 28.6 Å². The molecule has 0 bridgehead atoms. The van der Waals surface area contributed by atoms with E-state index >= 15 is 0 Å². The van der Waals surface area contributed by atoms with Crippen LogP contribution >= 0.6 is 11.3 Å². The van der Waals surface area contributed by atoms with Crippen molar-refractivity contribution in [3.63, 3.8) is 0 Å². The number of carbonyl (C=O) groups excluding carboxylic acids is 1. The predicted molar refractivity (Wildman–Crippen MR) is 77.7 cm³/mol. The highest BCUT2D eigenvalue weighted by Gasteiger charge is 2.10. The summed E-state index contributed by atoms with van der Waals surface area (Å²) in [7, 11) is 0. The van der Waals surface area contributed by atoms with E-state index in [4.69, 9.17) is 0 Å². The molecule has 0 fully saturated rings. The van der Waals surface area contributed by atoms with Crippen LogP contribution in [0.3, 0.4) is 0 Å². The Morgan fingerprint density at radius 3 is 2.68 bits per heavy atom. The molecular formula is C15H17NO2S. The zero-order valence-electron chi connectivity index (χ0n) is 10.8. The molecule has 0 saturated heterocycles. The Hall–Kier alpha value is -1.81. The third-order valence-electron chi connectivity index (χ3n) is 2.92. The van der Waals surface area contributed by atoms with Gasteiger partial charge in [-0.15, -0.1) is 11.3 Å². The molecule has 19 heavy (non-hydrogen) atoms. The Morgan fingerprint density at radius 1 is 1.32 bits per heavy atom. The van der Waals surface area contributed by atoms with E-state index in [1.54, 1.807) is 12.1 Å². The lowest BCUT2D eigenvalue weighted by Gasteiger charge is -2.13. The Kier molecular flexibility index (Phi) is 4.58. The minimum absolute atomic E-state index is 0.00629. The first kappa shape index (κ1) is 13.6. The molecule has 0 saturated carbocycles. The van der Waals surface area contributed by atoms with Crippen LogP contribution in [0.5, 0.6) is 5.75 Å². The lowest BCUT2D eigenvalue weighted by molar-refractivity contribution is 0.0942. The number of aryl methyl sites for hydroxylation is 1. The Morgan fingerprint density at radius 2 is 2.05 bits per heavy atom. The number of aromatic hydroxyl groups is 1. The summed E-state index contributed by atoms with van der Waals surface area (Å²) >= 11 is 1.45. The molecule has 1 amide bonds. The van der Waals surface area contributed by atoms with Gasteiger partial charge in [0, 0.05) is 6.04 Å². The molecule has 1 heterocycles. The van der Waals surface area contributed by atoms with Crippen LogP contribution < -0.4 is 5.32 Å². The van der Waals surface area contributed by atoms with Gasteiger partial charge < -0.3 is 10.4 Å². The van der Waals surface area contributed by atoms with E-state index in [0.717, 1.165) is 23.3 Å². The van der Waals surface area contributed by atoms with E-state index < -0.39 is 0 Å². The van der Waals surface area contributed by atoms with Gasteiger partial charge in [0.05, 0.1) is 4.88 Å². The molecule has 1 aromatic carbocycles. The fourth-order valence-electron chi connectivity index (χ4n) is 1.82. The second-order valence-corrected chi connectivity index (χ2v) is 5.50. The summed E-state index contributed by atoms with van der Waals surface area (Å²) in [5.41, 5.74) is 1.16. The van der Waals surface area contributed by atoms with Crippen molar-refractivity contribution in [3.8, 4) is 5.75 Å². The molecular weight excluding hydrogens is 258 g/mol. The largest absolute Gasteiger partial charge is 0.508 e. The van der Waals surface area contributed by atoms with Gasteiger partial charge in [0.15, 0.2) is 0 Å². The molecule has 0 radical (unpaired) electrons. The van der Waals surface area contributed by atoms with Gasteiger partial charge in [-0.1, -0.05) is 18.2 Å². The number of thiophene rings is 1. The number of rotatable bonds is 5. The summed E-state index contributed by atoms with van der Waals surface area (Å²) in [5, 5.41) is 14.1. The van der Waals surface area contributed by atoms with Crippen LogP contribution in [0.25, 0.3) is 0 Å². The predicted octanol–water partition coefficient (Wildman–Crippen LogP) is 3.20. The van der Waals surface area contributed by atoms with Gasteiger partial charge in [-0.3, -0.25) is 4.79 Å². The Bertz CT molecular complexity index is 520. The summed E-state index contributed by atoms with van der Waals surface area (Å²) in [6.45, 7) is 2.01. The average molecular weight is 275 g/mol. The summed E-state index contributed by atoms with van der Waals surface area (Å²) in [6, 6.07) is 11.0. The van der Waals surface area contributed by atoms with Gasteiger partial charge in [-0.2, -0.15) is 0 Å². The second-order valence-electron chi connectivity index (χ2n) is 4.56. The number of amides is 1. The third kappa shape index (κ3) is 4.10. The summed E-state index contributed by atoms with van der Waals surface area (Å²) < 4.78 is 0.